The van der Waals surface area contributed by atoms with E-state index in [-0.39, 0.29) is 12.6 Å². The van der Waals surface area contributed by atoms with Crippen LogP contribution in [0.3, 0.4) is 0 Å². The summed E-state index contributed by atoms with van der Waals surface area (Å²) >= 11 is 0. The minimum absolute atomic E-state index is 0.0329. The van der Waals surface area contributed by atoms with Crippen molar-refractivity contribution in [2.45, 2.75) is 6.54 Å². The van der Waals surface area contributed by atoms with Crippen LogP contribution in [0.25, 0.3) is 0 Å². The maximum Gasteiger partial charge on any atom is 0.317 e. The predicted molar refractivity (Wildman–Crippen MR) is 72.1 cm³/mol. The van der Waals surface area contributed by atoms with E-state index in [0.717, 1.165) is 5.56 Å². The minimum atomic E-state index is -0.834. The van der Waals surface area contributed by atoms with Gasteiger partial charge in [-0.15, -0.1) is 0 Å². The van der Waals surface area contributed by atoms with Crippen molar-refractivity contribution in [2.24, 2.45) is 0 Å². The van der Waals surface area contributed by atoms with Gasteiger partial charge in [0.05, 0.1) is 6.54 Å². The summed E-state index contributed by atoms with van der Waals surface area (Å²) in [6.07, 6.45) is 3.40. The Kier molecular flexibility index (Phi) is 4.89. The molecule has 20 heavy (non-hydrogen) atoms. The molecule has 0 spiro atoms. The first-order valence-electron chi connectivity index (χ1n) is 6.51. The molecule has 0 atom stereocenters. The van der Waals surface area contributed by atoms with Crippen molar-refractivity contribution < 1.29 is 14.7 Å². The zero-order valence-corrected chi connectivity index (χ0v) is 11.2. The molecule has 2 rings (SSSR count). The van der Waals surface area contributed by atoms with E-state index in [2.05, 4.69) is 10.3 Å². The summed E-state index contributed by atoms with van der Waals surface area (Å²) in [6.45, 7) is 2.75. The first-order chi connectivity index (χ1) is 9.65. The number of nitrogens with one attached hydrogen (secondary N) is 1. The third-order valence-electron chi connectivity index (χ3n) is 3.18. The molecule has 0 aromatic carbocycles. The Morgan fingerprint density at radius 1 is 1.30 bits per heavy atom. The highest BCUT2D eigenvalue weighted by atomic mass is 16.4. The maximum absolute atomic E-state index is 12.0. The van der Waals surface area contributed by atoms with Gasteiger partial charge < -0.3 is 15.3 Å². The van der Waals surface area contributed by atoms with E-state index in [1.165, 1.54) is 0 Å². The molecule has 1 aromatic rings. The van der Waals surface area contributed by atoms with E-state index in [4.69, 9.17) is 5.11 Å². The minimum Gasteiger partial charge on any atom is -0.480 e. The number of aliphatic carboxylic acids is 1. The molecule has 1 saturated heterocycles. The van der Waals surface area contributed by atoms with Crippen molar-refractivity contribution >= 4 is 12.0 Å². The van der Waals surface area contributed by atoms with Crippen LogP contribution < -0.4 is 5.32 Å². The van der Waals surface area contributed by atoms with Crippen LogP contribution in [-0.4, -0.2) is 64.6 Å². The van der Waals surface area contributed by atoms with Crippen LogP contribution in [0.2, 0.25) is 0 Å². The number of urea groups is 1. The number of nitrogens with zero attached hydrogens (tertiary/aromatic N) is 3. The second-order valence-electron chi connectivity index (χ2n) is 4.68. The average Bonchev–Trinajstić information content (AvgIpc) is 2.46. The Morgan fingerprint density at radius 3 is 2.65 bits per heavy atom. The van der Waals surface area contributed by atoms with Crippen LogP contribution in [0.4, 0.5) is 4.79 Å². The fourth-order valence-electron chi connectivity index (χ4n) is 2.09. The molecule has 108 valence electrons. The van der Waals surface area contributed by atoms with Gasteiger partial charge >= 0.3 is 12.0 Å². The summed E-state index contributed by atoms with van der Waals surface area (Å²) in [7, 11) is 0. The number of carboxylic acid groups (broad SMARTS) is 1. The van der Waals surface area contributed by atoms with Crippen molar-refractivity contribution in [3.8, 4) is 0 Å². The van der Waals surface area contributed by atoms with Gasteiger partial charge in [-0.2, -0.15) is 0 Å². The van der Waals surface area contributed by atoms with E-state index in [0.29, 0.717) is 32.7 Å². The van der Waals surface area contributed by atoms with Crippen LogP contribution in [0.1, 0.15) is 5.56 Å². The number of carboxylic acids is 1. The number of rotatable bonds is 4. The van der Waals surface area contributed by atoms with Crippen LogP contribution in [-0.2, 0) is 11.3 Å². The zero-order valence-electron chi connectivity index (χ0n) is 11.2. The number of piperazine rings is 1. The van der Waals surface area contributed by atoms with Crippen molar-refractivity contribution in [3.63, 3.8) is 0 Å². The summed E-state index contributed by atoms with van der Waals surface area (Å²) in [5, 5.41) is 11.5. The number of aromatic nitrogens is 1. The lowest BCUT2D eigenvalue weighted by molar-refractivity contribution is -0.138. The molecule has 0 unspecified atom stereocenters. The normalized spacial score (nSPS) is 15.9. The van der Waals surface area contributed by atoms with Gasteiger partial charge in [-0.25, -0.2) is 4.79 Å². The Hall–Kier alpha value is -2.15. The highest BCUT2D eigenvalue weighted by Crippen LogP contribution is 2.02. The molecule has 0 aliphatic carbocycles. The molecule has 2 amide bonds. The molecule has 2 heterocycles. The van der Waals surface area contributed by atoms with Gasteiger partial charge in [-0.05, 0) is 11.6 Å². The topological polar surface area (TPSA) is 85.8 Å². The Balaban J connectivity index is 1.73. The molecule has 1 fully saturated rings. The lowest BCUT2D eigenvalue weighted by Gasteiger charge is -2.33. The van der Waals surface area contributed by atoms with E-state index in [9.17, 15) is 9.59 Å². The second kappa shape index (κ2) is 6.85. The highest BCUT2D eigenvalue weighted by molar-refractivity contribution is 5.74. The summed E-state index contributed by atoms with van der Waals surface area (Å²) in [5.41, 5.74) is 0.949. The molecule has 0 bridgehead atoms. The Morgan fingerprint density at radius 2 is 2.05 bits per heavy atom. The first-order valence-corrected chi connectivity index (χ1v) is 6.51. The van der Waals surface area contributed by atoms with Crippen LogP contribution in [0.5, 0.6) is 0 Å². The third-order valence-corrected chi connectivity index (χ3v) is 3.18. The van der Waals surface area contributed by atoms with Crippen LogP contribution >= 0.6 is 0 Å². The number of hydrogen-bond donors (Lipinski definition) is 2. The predicted octanol–water partition coefficient (Wildman–Crippen LogP) is -0.00660. The number of hydrogen-bond acceptors (Lipinski definition) is 4. The molecular formula is C13H18N4O3. The van der Waals surface area contributed by atoms with Gasteiger partial charge in [0.25, 0.3) is 0 Å². The lowest BCUT2D eigenvalue weighted by Crippen LogP contribution is -2.52. The van der Waals surface area contributed by atoms with Crippen LogP contribution in [0, 0.1) is 0 Å². The smallest absolute Gasteiger partial charge is 0.317 e. The molecular weight excluding hydrogens is 260 g/mol. The van der Waals surface area contributed by atoms with E-state index >= 15 is 0 Å². The monoisotopic (exact) mass is 278 g/mol. The first kappa shape index (κ1) is 14.3. The number of pyridine rings is 1. The number of amides is 2. The Bertz CT molecular complexity index is 458. The molecule has 7 nitrogen and oxygen atoms in total. The maximum atomic E-state index is 12.0. The summed E-state index contributed by atoms with van der Waals surface area (Å²) in [4.78, 5) is 30.1. The van der Waals surface area contributed by atoms with Gasteiger partial charge in [0.1, 0.15) is 0 Å². The fourth-order valence-corrected chi connectivity index (χ4v) is 2.09. The van der Waals surface area contributed by atoms with Crippen molar-refractivity contribution in [2.75, 3.05) is 32.7 Å². The van der Waals surface area contributed by atoms with Gasteiger partial charge in [0, 0.05) is 45.1 Å². The summed E-state index contributed by atoms with van der Waals surface area (Å²) < 4.78 is 0. The highest BCUT2D eigenvalue weighted by Gasteiger charge is 2.21. The second-order valence-corrected chi connectivity index (χ2v) is 4.68. The van der Waals surface area contributed by atoms with Gasteiger partial charge in [-0.3, -0.25) is 14.7 Å². The average molecular weight is 278 g/mol. The third kappa shape index (κ3) is 4.20. The molecule has 1 aliphatic heterocycles. The van der Waals surface area contributed by atoms with Crippen molar-refractivity contribution in [1.82, 2.24) is 20.1 Å². The van der Waals surface area contributed by atoms with Crippen molar-refractivity contribution in [3.05, 3.63) is 30.1 Å². The molecule has 0 saturated carbocycles. The molecule has 7 heteroatoms. The largest absolute Gasteiger partial charge is 0.480 e. The quantitative estimate of drug-likeness (QED) is 0.809. The number of carbonyl (C=O) groups is 2. The SMILES string of the molecule is O=C(O)CN1CCN(C(=O)NCc2cccnc2)CC1. The van der Waals surface area contributed by atoms with Gasteiger partial charge in [-0.1, -0.05) is 6.07 Å². The van der Waals surface area contributed by atoms with E-state index in [1.807, 2.05) is 17.0 Å². The standard InChI is InChI=1S/C13H18N4O3/c18-12(19)10-16-4-6-17(7-5-16)13(20)15-9-11-2-1-3-14-8-11/h1-3,8H,4-7,9-10H2,(H,15,20)(H,18,19). The molecule has 1 aliphatic rings. The lowest BCUT2D eigenvalue weighted by atomic mass is 10.3. The fraction of sp³-hybridized carbons (Fsp3) is 0.462. The summed E-state index contributed by atoms with van der Waals surface area (Å²) in [6, 6.07) is 3.60. The summed E-state index contributed by atoms with van der Waals surface area (Å²) in [5.74, 6) is -0.834. The Labute approximate surface area is 117 Å². The number of carbonyl (C=O) groups excluding carboxylic acids is 1. The van der Waals surface area contributed by atoms with E-state index in [1.54, 1.807) is 17.3 Å². The van der Waals surface area contributed by atoms with E-state index < -0.39 is 5.97 Å². The van der Waals surface area contributed by atoms with Gasteiger partial charge in [0.2, 0.25) is 0 Å². The van der Waals surface area contributed by atoms with Gasteiger partial charge in [0.15, 0.2) is 0 Å². The molecule has 0 radical (unpaired) electrons. The van der Waals surface area contributed by atoms with Crippen molar-refractivity contribution in [1.29, 1.82) is 0 Å². The zero-order chi connectivity index (χ0) is 14.4. The molecule has 2 N–H and O–H groups in total. The van der Waals surface area contributed by atoms with Crippen LogP contribution in [0.15, 0.2) is 24.5 Å². The molecule has 1 aromatic heterocycles.